The van der Waals surface area contributed by atoms with Crippen LogP contribution in [-0.4, -0.2) is 12.5 Å². The SMILES string of the molecule is CC(N)c1ccc(NC(=O)[C@@H]2CCC[C@@H]2CN)cc1. The summed E-state index contributed by atoms with van der Waals surface area (Å²) in [6.45, 7) is 2.54. The molecule has 0 aliphatic heterocycles. The molecule has 1 unspecified atom stereocenters. The molecule has 1 aliphatic rings. The number of carbonyl (C=O) groups is 1. The van der Waals surface area contributed by atoms with E-state index in [1.807, 2.05) is 31.2 Å². The number of rotatable bonds is 4. The van der Waals surface area contributed by atoms with Gasteiger partial charge in [-0.2, -0.15) is 0 Å². The highest BCUT2D eigenvalue weighted by atomic mass is 16.1. The predicted octanol–water partition coefficient (Wildman–Crippen LogP) is 2.02. The molecule has 1 amide bonds. The summed E-state index contributed by atoms with van der Waals surface area (Å²) in [7, 11) is 0. The van der Waals surface area contributed by atoms with Crippen LogP contribution in [0.4, 0.5) is 5.69 Å². The maximum atomic E-state index is 12.2. The van der Waals surface area contributed by atoms with Crippen molar-refractivity contribution in [2.24, 2.45) is 23.3 Å². The van der Waals surface area contributed by atoms with Gasteiger partial charge in [0.2, 0.25) is 5.91 Å². The van der Waals surface area contributed by atoms with E-state index in [4.69, 9.17) is 11.5 Å². The van der Waals surface area contributed by atoms with Gasteiger partial charge in [-0.05, 0) is 49.9 Å². The second-order valence-corrected chi connectivity index (χ2v) is 5.43. The molecule has 0 aromatic heterocycles. The van der Waals surface area contributed by atoms with E-state index in [1.54, 1.807) is 0 Å². The third-order valence-corrected chi connectivity index (χ3v) is 4.00. The molecule has 1 aliphatic carbocycles. The quantitative estimate of drug-likeness (QED) is 0.775. The van der Waals surface area contributed by atoms with Crippen LogP contribution in [0.15, 0.2) is 24.3 Å². The molecule has 0 bridgehead atoms. The first-order valence-corrected chi connectivity index (χ1v) is 6.98. The van der Waals surface area contributed by atoms with Crippen molar-refractivity contribution in [2.75, 3.05) is 11.9 Å². The molecule has 0 radical (unpaired) electrons. The molecule has 1 aromatic carbocycles. The molecule has 0 heterocycles. The van der Waals surface area contributed by atoms with Gasteiger partial charge in [0.15, 0.2) is 0 Å². The van der Waals surface area contributed by atoms with E-state index in [9.17, 15) is 4.79 Å². The number of benzene rings is 1. The second-order valence-electron chi connectivity index (χ2n) is 5.43. The molecule has 4 nitrogen and oxygen atoms in total. The Balaban J connectivity index is 1.98. The fraction of sp³-hybridized carbons (Fsp3) is 0.533. The minimum Gasteiger partial charge on any atom is -0.330 e. The maximum Gasteiger partial charge on any atom is 0.227 e. The van der Waals surface area contributed by atoms with Crippen molar-refractivity contribution in [3.63, 3.8) is 0 Å². The molecule has 1 saturated carbocycles. The van der Waals surface area contributed by atoms with Crippen molar-refractivity contribution in [1.29, 1.82) is 0 Å². The lowest BCUT2D eigenvalue weighted by molar-refractivity contribution is -0.120. The van der Waals surface area contributed by atoms with Crippen LogP contribution >= 0.6 is 0 Å². The third-order valence-electron chi connectivity index (χ3n) is 4.00. The highest BCUT2D eigenvalue weighted by Crippen LogP contribution is 2.31. The first kappa shape index (κ1) is 14.0. The summed E-state index contributed by atoms with van der Waals surface area (Å²) in [6, 6.07) is 7.73. The first-order valence-electron chi connectivity index (χ1n) is 6.98. The van der Waals surface area contributed by atoms with Gasteiger partial charge in [-0.3, -0.25) is 4.79 Å². The molecule has 4 heteroatoms. The van der Waals surface area contributed by atoms with Crippen molar-refractivity contribution in [3.05, 3.63) is 29.8 Å². The van der Waals surface area contributed by atoms with Crippen LogP contribution in [-0.2, 0) is 4.79 Å². The lowest BCUT2D eigenvalue weighted by Crippen LogP contribution is -2.29. The lowest BCUT2D eigenvalue weighted by Gasteiger charge is -2.17. The summed E-state index contributed by atoms with van der Waals surface area (Å²) in [6.07, 6.45) is 3.12. The van der Waals surface area contributed by atoms with Crippen LogP contribution in [0.25, 0.3) is 0 Å². The average molecular weight is 261 g/mol. The smallest absolute Gasteiger partial charge is 0.227 e. The zero-order chi connectivity index (χ0) is 13.8. The summed E-state index contributed by atoms with van der Waals surface area (Å²) in [5, 5.41) is 2.98. The minimum atomic E-state index is 0.0150. The van der Waals surface area contributed by atoms with E-state index >= 15 is 0 Å². The second kappa shape index (κ2) is 6.17. The number of anilines is 1. The molecule has 0 saturated heterocycles. The largest absolute Gasteiger partial charge is 0.330 e. The van der Waals surface area contributed by atoms with Gasteiger partial charge < -0.3 is 16.8 Å². The number of hydrogen-bond donors (Lipinski definition) is 3. The molecule has 0 spiro atoms. The summed E-state index contributed by atoms with van der Waals surface area (Å²) in [5.41, 5.74) is 13.4. The van der Waals surface area contributed by atoms with Crippen molar-refractivity contribution in [1.82, 2.24) is 0 Å². The number of hydrogen-bond acceptors (Lipinski definition) is 3. The molecule has 19 heavy (non-hydrogen) atoms. The summed E-state index contributed by atoms with van der Waals surface area (Å²) < 4.78 is 0. The van der Waals surface area contributed by atoms with Crippen LogP contribution < -0.4 is 16.8 Å². The van der Waals surface area contributed by atoms with Crippen LogP contribution in [0.3, 0.4) is 0 Å². The molecule has 3 atom stereocenters. The van der Waals surface area contributed by atoms with Gasteiger partial charge in [-0.15, -0.1) is 0 Å². The Morgan fingerprint density at radius 1 is 1.37 bits per heavy atom. The maximum absolute atomic E-state index is 12.2. The minimum absolute atomic E-state index is 0.0150. The van der Waals surface area contributed by atoms with Gasteiger partial charge in [-0.1, -0.05) is 18.6 Å². The highest BCUT2D eigenvalue weighted by Gasteiger charge is 2.31. The fourth-order valence-corrected chi connectivity index (χ4v) is 2.77. The zero-order valence-electron chi connectivity index (χ0n) is 11.4. The number of nitrogens with two attached hydrogens (primary N) is 2. The Hall–Kier alpha value is -1.39. The lowest BCUT2D eigenvalue weighted by atomic mass is 9.95. The van der Waals surface area contributed by atoms with Crippen molar-refractivity contribution in [2.45, 2.75) is 32.2 Å². The topological polar surface area (TPSA) is 81.1 Å². The van der Waals surface area contributed by atoms with Crippen molar-refractivity contribution in [3.8, 4) is 0 Å². The number of carbonyl (C=O) groups excluding carboxylic acids is 1. The molecular formula is C15H23N3O. The summed E-state index contributed by atoms with van der Waals surface area (Å²) in [4.78, 5) is 12.2. The zero-order valence-corrected chi connectivity index (χ0v) is 11.4. The van der Waals surface area contributed by atoms with Gasteiger partial charge in [-0.25, -0.2) is 0 Å². The predicted molar refractivity (Wildman–Crippen MR) is 77.6 cm³/mol. The van der Waals surface area contributed by atoms with E-state index in [2.05, 4.69) is 5.32 Å². The van der Waals surface area contributed by atoms with Gasteiger partial charge >= 0.3 is 0 Å². The number of nitrogens with one attached hydrogen (secondary N) is 1. The van der Waals surface area contributed by atoms with Crippen molar-refractivity contribution >= 4 is 11.6 Å². The standard InChI is InChI=1S/C15H23N3O/c1-10(17)11-5-7-13(8-6-11)18-15(19)14-4-2-3-12(14)9-16/h5-8,10,12,14H,2-4,9,16-17H2,1H3,(H,18,19)/t10?,12-,14-/m1/s1. The van der Waals surface area contributed by atoms with Crippen LogP contribution in [0.2, 0.25) is 0 Å². The molecular weight excluding hydrogens is 238 g/mol. The van der Waals surface area contributed by atoms with E-state index in [-0.39, 0.29) is 17.9 Å². The fourth-order valence-electron chi connectivity index (χ4n) is 2.77. The number of amides is 1. The third kappa shape index (κ3) is 3.33. The molecule has 2 rings (SSSR count). The monoisotopic (exact) mass is 261 g/mol. The Labute approximate surface area is 114 Å². The molecule has 1 aromatic rings. The first-order chi connectivity index (χ1) is 9.11. The average Bonchev–Trinajstić information content (AvgIpc) is 2.87. The van der Waals surface area contributed by atoms with E-state index in [0.717, 1.165) is 30.5 Å². The molecule has 5 N–H and O–H groups in total. The van der Waals surface area contributed by atoms with Gasteiger partial charge in [0.1, 0.15) is 0 Å². The summed E-state index contributed by atoms with van der Waals surface area (Å²) in [5.74, 6) is 0.503. The Bertz CT molecular complexity index is 428. The Morgan fingerprint density at radius 2 is 2.05 bits per heavy atom. The van der Waals surface area contributed by atoms with Gasteiger partial charge in [0.05, 0.1) is 0 Å². The van der Waals surface area contributed by atoms with Crippen LogP contribution in [0, 0.1) is 11.8 Å². The van der Waals surface area contributed by atoms with E-state index in [0.29, 0.717) is 12.5 Å². The van der Waals surface area contributed by atoms with Crippen LogP contribution in [0.5, 0.6) is 0 Å². The van der Waals surface area contributed by atoms with Crippen molar-refractivity contribution < 1.29 is 4.79 Å². The molecule has 1 fully saturated rings. The molecule has 104 valence electrons. The Kier molecular flexibility index (Phi) is 4.56. The van der Waals surface area contributed by atoms with Gasteiger partial charge in [0, 0.05) is 17.6 Å². The van der Waals surface area contributed by atoms with E-state index < -0.39 is 0 Å². The summed E-state index contributed by atoms with van der Waals surface area (Å²) >= 11 is 0. The highest BCUT2D eigenvalue weighted by molar-refractivity contribution is 5.92. The van der Waals surface area contributed by atoms with E-state index in [1.165, 1.54) is 0 Å². The normalized spacial score (nSPS) is 24.2. The Morgan fingerprint density at radius 3 is 2.63 bits per heavy atom. The van der Waals surface area contributed by atoms with Crippen LogP contribution in [0.1, 0.15) is 37.8 Å². The van der Waals surface area contributed by atoms with Gasteiger partial charge in [0.25, 0.3) is 0 Å².